The van der Waals surface area contributed by atoms with Crippen molar-refractivity contribution in [2.45, 2.75) is 46.0 Å². The van der Waals surface area contributed by atoms with Gasteiger partial charge in [-0.3, -0.25) is 4.79 Å². The summed E-state index contributed by atoms with van der Waals surface area (Å²) in [7, 11) is 0. The summed E-state index contributed by atoms with van der Waals surface area (Å²) in [6, 6.07) is 12.1. The third-order valence-electron chi connectivity index (χ3n) is 3.76. The molecule has 1 aromatic carbocycles. The molecule has 0 saturated carbocycles. The number of carbonyl (C=O) groups excluding carboxylic acids is 1. The molecule has 0 bridgehead atoms. The lowest BCUT2D eigenvalue weighted by Gasteiger charge is -2.05. The molecule has 0 atom stereocenters. The van der Waals surface area contributed by atoms with Gasteiger partial charge in [0.2, 0.25) is 0 Å². The van der Waals surface area contributed by atoms with Gasteiger partial charge in [-0.1, -0.05) is 56.5 Å². The zero-order valence-electron chi connectivity index (χ0n) is 13.8. The monoisotopic (exact) mass is 328 g/mol. The van der Waals surface area contributed by atoms with Crippen molar-refractivity contribution in [3.63, 3.8) is 0 Å². The minimum absolute atomic E-state index is 0.160. The molecule has 1 N–H and O–H groups in total. The molecule has 0 radical (unpaired) electrons. The Balaban J connectivity index is 1.87. The Morgan fingerprint density at radius 3 is 2.57 bits per heavy atom. The fraction of sp³-hybridized carbons (Fsp3) is 0.368. The average molecular weight is 328 g/mol. The molecule has 0 unspecified atom stereocenters. The van der Waals surface area contributed by atoms with E-state index in [-0.39, 0.29) is 5.91 Å². The molecule has 0 aliphatic rings. The number of hydrogen-bond acceptors (Lipinski definition) is 3. The standard InChI is InChI=1S/C19H24N2OS/c1-3-4-5-6-8-16-10-12-17(13-11-16)15(2)20-21-19(22)18-9-7-14-23-18/h7,9-14H,3-6,8H2,1-2H3,(H,21,22). The van der Waals surface area contributed by atoms with Gasteiger partial charge in [-0.25, -0.2) is 5.43 Å². The van der Waals surface area contributed by atoms with Crippen molar-refractivity contribution in [1.29, 1.82) is 0 Å². The molecule has 1 heterocycles. The molecule has 1 aromatic heterocycles. The number of hydrogen-bond donors (Lipinski definition) is 1. The zero-order chi connectivity index (χ0) is 16.5. The maximum absolute atomic E-state index is 11.9. The van der Waals surface area contributed by atoms with Gasteiger partial charge >= 0.3 is 0 Å². The lowest BCUT2D eigenvalue weighted by molar-refractivity contribution is 0.0959. The quantitative estimate of drug-likeness (QED) is 0.412. The Kier molecular flexibility index (Phi) is 7.01. The van der Waals surface area contributed by atoms with Crippen molar-refractivity contribution < 1.29 is 4.79 Å². The number of benzene rings is 1. The van der Waals surface area contributed by atoms with Crippen molar-refractivity contribution >= 4 is 23.0 Å². The second-order valence-electron chi connectivity index (χ2n) is 5.62. The number of unbranched alkanes of at least 4 members (excludes halogenated alkanes) is 3. The van der Waals surface area contributed by atoms with Crippen LogP contribution in [0.25, 0.3) is 0 Å². The predicted octanol–water partition coefficient (Wildman–Crippen LogP) is 5.02. The SMILES string of the molecule is CCCCCCc1ccc(C(C)=NNC(=O)c2cccs2)cc1. The first-order valence-corrected chi connectivity index (χ1v) is 9.06. The molecule has 0 aliphatic carbocycles. The van der Waals surface area contributed by atoms with Crippen LogP contribution in [0.3, 0.4) is 0 Å². The Morgan fingerprint density at radius 1 is 1.13 bits per heavy atom. The maximum Gasteiger partial charge on any atom is 0.281 e. The zero-order valence-corrected chi connectivity index (χ0v) is 14.7. The van der Waals surface area contributed by atoms with Gasteiger partial charge < -0.3 is 0 Å². The Bertz CT molecular complexity index is 630. The van der Waals surface area contributed by atoms with Crippen molar-refractivity contribution in [3.05, 3.63) is 57.8 Å². The van der Waals surface area contributed by atoms with E-state index in [1.807, 2.05) is 18.4 Å². The summed E-state index contributed by atoms with van der Waals surface area (Å²) in [5.74, 6) is -0.160. The summed E-state index contributed by atoms with van der Waals surface area (Å²) in [5.41, 5.74) is 5.82. The van der Waals surface area contributed by atoms with Gasteiger partial charge in [0, 0.05) is 0 Å². The largest absolute Gasteiger partial charge is 0.281 e. The number of hydrazone groups is 1. The first-order valence-electron chi connectivity index (χ1n) is 8.18. The van der Waals surface area contributed by atoms with Crippen molar-refractivity contribution in [3.8, 4) is 0 Å². The molecule has 4 heteroatoms. The van der Waals surface area contributed by atoms with Crippen LogP contribution >= 0.6 is 11.3 Å². The highest BCUT2D eigenvalue weighted by molar-refractivity contribution is 7.12. The summed E-state index contributed by atoms with van der Waals surface area (Å²) >= 11 is 1.41. The van der Waals surface area contributed by atoms with E-state index in [4.69, 9.17) is 0 Å². The van der Waals surface area contributed by atoms with Crippen LogP contribution in [-0.4, -0.2) is 11.6 Å². The third-order valence-corrected chi connectivity index (χ3v) is 4.63. The molecular formula is C19H24N2OS. The van der Waals surface area contributed by atoms with Crippen LogP contribution in [0.5, 0.6) is 0 Å². The highest BCUT2D eigenvalue weighted by Gasteiger charge is 2.05. The average Bonchev–Trinajstić information content (AvgIpc) is 3.11. The topological polar surface area (TPSA) is 41.5 Å². The molecule has 122 valence electrons. The van der Waals surface area contributed by atoms with Crippen LogP contribution < -0.4 is 5.43 Å². The second-order valence-corrected chi connectivity index (χ2v) is 6.57. The van der Waals surface area contributed by atoms with Crippen molar-refractivity contribution in [2.75, 3.05) is 0 Å². The van der Waals surface area contributed by atoms with E-state index < -0.39 is 0 Å². The van der Waals surface area contributed by atoms with Crippen LogP contribution in [0.4, 0.5) is 0 Å². The van der Waals surface area contributed by atoms with Crippen LogP contribution in [0.15, 0.2) is 46.9 Å². The normalized spacial score (nSPS) is 11.5. The summed E-state index contributed by atoms with van der Waals surface area (Å²) in [6.45, 7) is 4.14. The maximum atomic E-state index is 11.9. The van der Waals surface area contributed by atoms with E-state index in [0.29, 0.717) is 4.88 Å². The van der Waals surface area contributed by atoms with E-state index >= 15 is 0 Å². The van der Waals surface area contributed by atoms with Crippen molar-refractivity contribution in [2.24, 2.45) is 5.10 Å². The minimum atomic E-state index is -0.160. The summed E-state index contributed by atoms with van der Waals surface area (Å²) in [6.07, 6.45) is 6.26. The van der Waals surface area contributed by atoms with Gasteiger partial charge in [-0.05, 0) is 42.3 Å². The van der Waals surface area contributed by atoms with E-state index in [2.05, 4.69) is 41.7 Å². The number of amides is 1. The van der Waals surface area contributed by atoms with Crippen LogP contribution in [0.2, 0.25) is 0 Å². The molecular weight excluding hydrogens is 304 g/mol. The van der Waals surface area contributed by atoms with Crippen LogP contribution in [0, 0.1) is 0 Å². The fourth-order valence-corrected chi connectivity index (χ4v) is 2.94. The van der Waals surface area contributed by atoms with E-state index in [0.717, 1.165) is 17.7 Å². The fourth-order valence-electron chi connectivity index (χ4n) is 2.33. The second kappa shape index (κ2) is 9.26. The Labute approximate surface area is 142 Å². The lowest BCUT2D eigenvalue weighted by atomic mass is 10.0. The highest BCUT2D eigenvalue weighted by atomic mass is 32.1. The number of nitrogens with zero attached hydrogens (tertiary/aromatic N) is 1. The Morgan fingerprint density at radius 2 is 1.91 bits per heavy atom. The molecule has 23 heavy (non-hydrogen) atoms. The van der Waals surface area contributed by atoms with Gasteiger partial charge in [0.15, 0.2) is 0 Å². The smallest absolute Gasteiger partial charge is 0.266 e. The van der Waals surface area contributed by atoms with Gasteiger partial charge in [0.1, 0.15) is 0 Å². The Hall–Kier alpha value is -1.94. The predicted molar refractivity (Wildman–Crippen MR) is 98.3 cm³/mol. The van der Waals surface area contributed by atoms with Crippen LogP contribution in [-0.2, 0) is 6.42 Å². The van der Waals surface area contributed by atoms with Crippen molar-refractivity contribution in [1.82, 2.24) is 5.43 Å². The number of thiophene rings is 1. The summed E-state index contributed by atoms with van der Waals surface area (Å²) < 4.78 is 0. The van der Waals surface area contributed by atoms with E-state index in [1.165, 1.54) is 42.6 Å². The molecule has 2 aromatic rings. The number of nitrogens with one attached hydrogen (secondary N) is 1. The molecule has 2 rings (SSSR count). The minimum Gasteiger partial charge on any atom is -0.266 e. The first kappa shape index (κ1) is 17.4. The lowest BCUT2D eigenvalue weighted by Crippen LogP contribution is -2.18. The molecule has 1 amide bonds. The highest BCUT2D eigenvalue weighted by Crippen LogP contribution is 2.11. The van der Waals surface area contributed by atoms with Gasteiger partial charge in [0.05, 0.1) is 10.6 Å². The number of aryl methyl sites for hydroxylation is 1. The van der Waals surface area contributed by atoms with Gasteiger partial charge in [0.25, 0.3) is 5.91 Å². The molecule has 0 fully saturated rings. The third kappa shape index (κ3) is 5.64. The number of rotatable bonds is 8. The summed E-state index contributed by atoms with van der Waals surface area (Å²) in [4.78, 5) is 12.5. The first-order chi connectivity index (χ1) is 11.2. The van der Waals surface area contributed by atoms with Crippen LogP contribution in [0.1, 0.15) is 60.3 Å². The molecule has 0 saturated heterocycles. The molecule has 3 nitrogen and oxygen atoms in total. The van der Waals surface area contributed by atoms with E-state index in [1.54, 1.807) is 6.07 Å². The van der Waals surface area contributed by atoms with Gasteiger partial charge in [-0.2, -0.15) is 5.10 Å². The molecule has 0 spiro atoms. The summed E-state index contributed by atoms with van der Waals surface area (Å²) in [5, 5.41) is 6.07. The van der Waals surface area contributed by atoms with E-state index in [9.17, 15) is 4.79 Å². The molecule has 0 aliphatic heterocycles. The number of carbonyl (C=O) groups is 1. The van der Waals surface area contributed by atoms with Gasteiger partial charge in [-0.15, -0.1) is 11.3 Å².